The lowest BCUT2D eigenvalue weighted by molar-refractivity contribution is 0.886. The largest absolute Gasteiger partial charge is 0.398 e. The van der Waals surface area contributed by atoms with Crippen LogP contribution in [0.5, 0.6) is 0 Å². The lowest BCUT2D eigenvalue weighted by Gasteiger charge is -2.10. The molecule has 1 aliphatic rings. The molecule has 0 spiro atoms. The summed E-state index contributed by atoms with van der Waals surface area (Å²) in [7, 11) is 0. The van der Waals surface area contributed by atoms with Crippen LogP contribution in [0.1, 0.15) is 31.2 Å². The second kappa shape index (κ2) is 5.26. The van der Waals surface area contributed by atoms with Crippen molar-refractivity contribution in [1.82, 2.24) is 0 Å². The van der Waals surface area contributed by atoms with E-state index in [1.165, 1.54) is 31.2 Å². The molecule has 0 radical (unpaired) electrons. The van der Waals surface area contributed by atoms with Crippen LogP contribution in [0, 0.1) is 0 Å². The Balaban J connectivity index is 1.92. The van der Waals surface area contributed by atoms with E-state index in [1.807, 2.05) is 6.07 Å². The lowest BCUT2D eigenvalue weighted by atomic mass is 10.2. The molecule has 0 aromatic heterocycles. The summed E-state index contributed by atoms with van der Waals surface area (Å²) in [6, 6.07) is 6.19. The van der Waals surface area contributed by atoms with Gasteiger partial charge in [-0.1, -0.05) is 34.8 Å². The van der Waals surface area contributed by atoms with E-state index in [1.54, 1.807) is 0 Å². The molecule has 0 saturated heterocycles. The number of halogens is 1. The molecule has 1 fully saturated rings. The van der Waals surface area contributed by atoms with Gasteiger partial charge in [-0.2, -0.15) is 11.8 Å². The van der Waals surface area contributed by atoms with E-state index in [-0.39, 0.29) is 0 Å². The van der Waals surface area contributed by atoms with E-state index < -0.39 is 0 Å². The zero-order chi connectivity index (χ0) is 10.7. The molecule has 1 aromatic carbocycles. The minimum absolute atomic E-state index is 0.869. The summed E-state index contributed by atoms with van der Waals surface area (Å²) >= 11 is 5.49. The van der Waals surface area contributed by atoms with Gasteiger partial charge in [0, 0.05) is 21.2 Å². The molecular formula is C12H16BrNS. The van der Waals surface area contributed by atoms with E-state index in [4.69, 9.17) is 5.73 Å². The molecule has 1 aromatic rings. The second-order valence-electron chi connectivity index (χ2n) is 4.06. The molecule has 2 rings (SSSR count). The summed E-state index contributed by atoms with van der Waals surface area (Å²) in [6.45, 7) is 0. The van der Waals surface area contributed by atoms with Gasteiger partial charge in [-0.3, -0.25) is 0 Å². The van der Waals surface area contributed by atoms with Gasteiger partial charge in [0.05, 0.1) is 0 Å². The minimum atomic E-state index is 0.869. The number of benzene rings is 1. The highest BCUT2D eigenvalue weighted by atomic mass is 79.9. The fourth-order valence-electron chi connectivity index (χ4n) is 1.96. The average molecular weight is 286 g/mol. The van der Waals surface area contributed by atoms with Gasteiger partial charge in [0.25, 0.3) is 0 Å². The van der Waals surface area contributed by atoms with Gasteiger partial charge >= 0.3 is 0 Å². The molecule has 82 valence electrons. The van der Waals surface area contributed by atoms with Gasteiger partial charge in [0.15, 0.2) is 0 Å². The first-order valence-electron chi connectivity index (χ1n) is 5.41. The minimum Gasteiger partial charge on any atom is -0.398 e. The number of hydrogen-bond acceptors (Lipinski definition) is 2. The highest BCUT2D eigenvalue weighted by Crippen LogP contribution is 2.33. The summed E-state index contributed by atoms with van der Waals surface area (Å²) in [5.41, 5.74) is 8.15. The molecule has 1 saturated carbocycles. The van der Waals surface area contributed by atoms with Crippen molar-refractivity contribution in [3.8, 4) is 0 Å². The van der Waals surface area contributed by atoms with Crippen LogP contribution in [0.4, 0.5) is 5.69 Å². The van der Waals surface area contributed by atoms with Crippen molar-refractivity contribution in [3.63, 3.8) is 0 Å². The van der Waals surface area contributed by atoms with Crippen LogP contribution in [-0.2, 0) is 5.75 Å². The molecule has 0 aliphatic heterocycles. The maximum atomic E-state index is 5.96. The van der Waals surface area contributed by atoms with Gasteiger partial charge in [0.2, 0.25) is 0 Å². The Labute approximate surface area is 104 Å². The van der Waals surface area contributed by atoms with Gasteiger partial charge in [-0.15, -0.1) is 0 Å². The Bertz CT molecular complexity index is 334. The summed E-state index contributed by atoms with van der Waals surface area (Å²) in [4.78, 5) is 0. The number of hydrogen-bond donors (Lipinski definition) is 1. The topological polar surface area (TPSA) is 26.0 Å². The lowest BCUT2D eigenvalue weighted by Crippen LogP contribution is -1.97. The van der Waals surface area contributed by atoms with E-state index in [0.29, 0.717) is 0 Å². The first kappa shape index (κ1) is 11.3. The molecular weight excluding hydrogens is 270 g/mol. The van der Waals surface area contributed by atoms with E-state index in [2.05, 4.69) is 39.8 Å². The fourth-order valence-corrected chi connectivity index (χ4v) is 3.68. The number of rotatable bonds is 3. The molecule has 0 unspecified atom stereocenters. The summed E-state index contributed by atoms with van der Waals surface area (Å²) in [5, 5.41) is 0.869. The molecule has 0 atom stereocenters. The molecule has 1 aliphatic carbocycles. The van der Waals surface area contributed by atoms with Crippen LogP contribution in [0.2, 0.25) is 0 Å². The van der Waals surface area contributed by atoms with Gasteiger partial charge < -0.3 is 5.73 Å². The third-order valence-electron chi connectivity index (χ3n) is 2.88. The highest BCUT2D eigenvalue weighted by molar-refractivity contribution is 9.10. The van der Waals surface area contributed by atoms with Crippen molar-refractivity contribution < 1.29 is 0 Å². The first-order valence-corrected chi connectivity index (χ1v) is 7.25. The van der Waals surface area contributed by atoms with Crippen LogP contribution >= 0.6 is 27.7 Å². The number of anilines is 1. The molecule has 2 N–H and O–H groups in total. The molecule has 1 nitrogen and oxygen atoms in total. The van der Waals surface area contributed by atoms with E-state index in [9.17, 15) is 0 Å². The average Bonchev–Trinajstić information content (AvgIpc) is 2.69. The van der Waals surface area contributed by atoms with E-state index >= 15 is 0 Å². The van der Waals surface area contributed by atoms with Crippen LogP contribution in [-0.4, -0.2) is 5.25 Å². The quantitative estimate of drug-likeness (QED) is 0.842. The normalized spacial score (nSPS) is 17.1. The van der Waals surface area contributed by atoms with Crippen molar-refractivity contribution in [1.29, 1.82) is 0 Å². The van der Waals surface area contributed by atoms with Crippen LogP contribution in [0.25, 0.3) is 0 Å². The zero-order valence-corrected chi connectivity index (χ0v) is 11.1. The Hall–Kier alpha value is -0.150. The van der Waals surface area contributed by atoms with Crippen molar-refractivity contribution in [2.75, 3.05) is 5.73 Å². The maximum absolute atomic E-state index is 5.96. The smallest absolute Gasteiger partial charge is 0.0366 e. The first-order chi connectivity index (χ1) is 7.25. The number of nitrogens with two attached hydrogens (primary N) is 1. The molecule has 3 heteroatoms. The number of thioether (sulfide) groups is 1. The van der Waals surface area contributed by atoms with Crippen molar-refractivity contribution in [2.24, 2.45) is 0 Å². The summed E-state index contributed by atoms with van der Waals surface area (Å²) in [6.07, 6.45) is 5.60. The predicted molar refractivity (Wildman–Crippen MR) is 72.1 cm³/mol. The van der Waals surface area contributed by atoms with Gasteiger partial charge in [-0.25, -0.2) is 0 Å². The van der Waals surface area contributed by atoms with Gasteiger partial charge in [-0.05, 0) is 30.5 Å². The van der Waals surface area contributed by atoms with Crippen molar-refractivity contribution in [2.45, 2.75) is 36.7 Å². The number of nitrogen functional groups attached to an aromatic ring is 1. The molecule has 0 heterocycles. The second-order valence-corrected chi connectivity index (χ2v) is 6.26. The van der Waals surface area contributed by atoms with Gasteiger partial charge in [0.1, 0.15) is 0 Å². The fraction of sp³-hybridized carbons (Fsp3) is 0.500. The maximum Gasteiger partial charge on any atom is 0.0366 e. The summed E-state index contributed by atoms with van der Waals surface area (Å²) in [5.74, 6) is 1.06. The standard InChI is InChI=1S/C12H16BrNS/c13-10-6-5-9(12(14)7-10)8-15-11-3-1-2-4-11/h5-7,11H,1-4,8,14H2. The van der Waals surface area contributed by atoms with Crippen LogP contribution < -0.4 is 5.73 Å². The molecule has 0 amide bonds. The van der Waals surface area contributed by atoms with Crippen LogP contribution in [0.15, 0.2) is 22.7 Å². The molecule has 0 bridgehead atoms. The van der Waals surface area contributed by atoms with Crippen molar-refractivity contribution >= 4 is 33.4 Å². The van der Waals surface area contributed by atoms with E-state index in [0.717, 1.165) is 21.2 Å². The molecule has 15 heavy (non-hydrogen) atoms. The Morgan fingerprint density at radius 3 is 2.73 bits per heavy atom. The predicted octanol–water partition coefficient (Wildman–Crippen LogP) is 4.21. The SMILES string of the molecule is Nc1cc(Br)ccc1CSC1CCCC1. The third-order valence-corrected chi connectivity index (χ3v) is 4.80. The Morgan fingerprint density at radius 1 is 1.33 bits per heavy atom. The highest BCUT2D eigenvalue weighted by Gasteiger charge is 2.15. The zero-order valence-electron chi connectivity index (χ0n) is 8.71. The Kier molecular flexibility index (Phi) is 3.98. The third kappa shape index (κ3) is 3.15. The monoisotopic (exact) mass is 285 g/mol. The van der Waals surface area contributed by atoms with Crippen molar-refractivity contribution in [3.05, 3.63) is 28.2 Å². The summed E-state index contributed by atoms with van der Waals surface area (Å²) < 4.78 is 1.06. The Morgan fingerprint density at radius 2 is 2.07 bits per heavy atom. The van der Waals surface area contributed by atoms with Crippen LogP contribution in [0.3, 0.4) is 0 Å².